The van der Waals surface area contributed by atoms with Gasteiger partial charge in [0.15, 0.2) is 0 Å². The van der Waals surface area contributed by atoms with Gasteiger partial charge in [-0.2, -0.15) is 4.99 Å². The zero-order valence-corrected chi connectivity index (χ0v) is 15.7. The van der Waals surface area contributed by atoms with Crippen molar-refractivity contribution in [2.45, 2.75) is 6.61 Å². The standard InChI is InChI=1S/C22H21N3O3/c1-25(2)15-24-22(27)18-10-17(12-23-13-18)20-11-19(26)8-9-21(20)28-14-16-6-4-3-5-7-16/h3-13,15,26H,14H2,1-2H3. The number of pyridine rings is 1. The van der Waals surface area contributed by atoms with Gasteiger partial charge in [0, 0.05) is 37.6 Å². The largest absolute Gasteiger partial charge is 0.508 e. The molecule has 0 unspecified atom stereocenters. The van der Waals surface area contributed by atoms with E-state index in [-0.39, 0.29) is 5.75 Å². The maximum absolute atomic E-state index is 12.3. The Kier molecular flexibility index (Phi) is 6.01. The Morgan fingerprint density at radius 1 is 1.14 bits per heavy atom. The molecule has 1 amide bonds. The lowest BCUT2D eigenvalue weighted by molar-refractivity contribution is 0.100. The van der Waals surface area contributed by atoms with Crippen LogP contribution in [0.2, 0.25) is 0 Å². The summed E-state index contributed by atoms with van der Waals surface area (Å²) < 4.78 is 5.95. The van der Waals surface area contributed by atoms with Gasteiger partial charge in [-0.15, -0.1) is 0 Å². The maximum atomic E-state index is 12.3. The number of phenols is 1. The summed E-state index contributed by atoms with van der Waals surface area (Å²) in [6.07, 6.45) is 4.53. The third kappa shape index (κ3) is 4.94. The van der Waals surface area contributed by atoms with Gasteiger partial charge in [0.25, 0.3) is 5.91 Å². The topological polar surface area (TPSA) is 75.0 Å². The molecule has 0 aliphatic heterocycles. The molecule has 0 saturated heterocycles. The van der Waals surface area contributed by atoms with Crippen molar-refractivity contribution in [2.75, 3.05) is 14.1 Å². The number of benzene rings is 2. The maximum Gasteiger partial charge on any atom is 0.279 e. The molecule has 1 aromatic heterocycles. The molecule has 1 N–H and O–H groups in total. The average molecular weight is 375 g/mol. The van der Waals surface area contributed by atoms with Gasteiger partial charge in [0.1, 0.15) is 18.1 Å². The minimum absolute atomic E-state index is 0.101. The number of aromatic nitrogens is 1. The van der Waals surface area contributed by atoms with E-state index in [1.807, 2.05) is 30.3 Å². The van der Waals surface area contributed by atoms with Crippen molar-refractivity contribution in [3.8, 4) is 22.6 Å². The fourth-order valence-electron chi connectivity index (χ4n) is 2.55. The molecular weight excluding hydrogens is 354 g/mol. The summed E-state index contributed by atoms with van der Waals surface area (Å²) in [4.78, 5) is 22.0. The van der Waals surface area contributed by atoms with E-state index in [1.54, 1.807) is 49.5 Å². The van der Waals surface area contributed by atoms with Crippen LogP contribution in [0.3, 0.4) is 0 Å². The molecule has 0 fully saturated rings. The SMILES string of the molecule is CN(C)C=NC(=O)c1cncc(-c2cc(O)ccc2OCc2ccccc2)c1. The second-order valence-electron chi connectivity index (χ2n) is 6.43. The third-order valence-corrected chi connectivity index (χ3v) is 3.90. The highest BCUT2D eigenvalue weighted by atomic mass is 16.5. The number of hydrogen-bond donors (Lipinski definition) is 1. The number of amides is 1. The lowest BCUT2D eigenvalue weighted by Crippen LogP contribution is -2.10. The van der Waals surface area contributed by atoms with Crippen molar-refractivity contribution in [3.63, 3.8) is 0 Å². The van der Waals surface area contributed by atoms with E-state index in [4.69, 9.17) is 4.74 Å². The highest BCUT2D eigenvalue weighted by Crippen LogP contribution is 2.33. The van der Waals surface area contributed by atoms with Crippen molar-refractivity contribution < 1.29 is 14.6 Å². The number of nitrogens with zero attached hydrogens (tertiary/aromatic N) is 3. The zero-order valence-electron chi connectivity index (χ0n) is 15.7. The summed E-state index contributed by atoms with van der Waals surface area (Å²) >= 11 is 0. The van der Waals surface area contributed by atoms with E-state index in [0.717, 1.165) is 5.56 Å². The molecule has 28 heavy (non-hydrogen) atoms. The smallest absolute Gasteiger partial charge is 0.279 e. The van der Waals surface area contributed by atoms with Gasteiger partial charge in [-0.3, -0.25) is 9.78 Å². The van der Waals surface area contributed by atoms with E-state index in [9.17, 15) is 9.90 Å². The van der Waals surface area contributed by atoms with E-state index in [2.05, 4.69) is 9.98 Å². The zero-order chi connectivity index (χ0) is 19.9. The second-order valence-corrected chi connectivity index (χ2v) is 6.43. The van der Waals surface area contributed by atoms with Crippen LogP contribution < -0.4 is 4.74 Å². The van der Waals surface area contributed by atoms with Gasteiger partial charge in [-0.25, -0.2) is 0 Å². The van der Waals surface area contributed by atoms with Crippen LogP contribution >= 0.6 is 0 Å². The number of phenolic OH excluding ortho intramolecular Hbond substituents is 1. The van der Waals surface area contributed by atoms with Gasteiger partial charge in [-0.1, -0.05) is 30.3 Å². The number of aliphatic imine (C=N–C) groups is 1. The molecule has 0 atom stereocenters. The highest BCUT2D eigenvalue weighted by Gasteiger charge is 2.12. The molecule has 6 heteroatoms. The normalized spacial score (nSPS) is 10.8. The number of carbonyl (C=O) groups excluding carboxylic acids is 1. The molecule has 0 spiro atoms. The fourth-order valence-corrected chi connectivity index (χ4v) is 2.55. The summed E-state index contributed by atoms with van der Waals surface area (Å²) in [7, 11) is 3.57. The summed E-state index contributed by atoms with van der Waals surface area (Å²) in [6, 6.07) is 16.3. The van der Waals surface area contributed by atoms with Gasteiger partial charge in [0.2, 0.25) is 0 Å². The first-order valence-corrected chi connectivity index (χ1v) is 8.73. The Morgan fingerprint density at radius 3 is 2.68 bits per heavy atom. The molecule has 1 heterocycles. The minimum atomic E-state index is -0.394. The monoisotopic (exact) mass is 375 g/mol. The van der Waals surface area contributed by atoms with E-state index < -0.39 is 5.91 Å². The second kappa shape index (κ2) is 8.81. The molecule has 6 nitrogen and oxygen atoms in total. The Bertz CT molecular complexity index is 985. The average Bonchev–Trinajstić information content (AvgIpc) is 2.72. The quantitative estimate of drug-likeness (QED) is 0.524. The van der Waals surface area contributed by atoms with E-state index in [1.165, 1.54) is 12.5 Å². The van der Waals surface area contributed by atoms with Crippen LogP contribution in [-0.4, -0.2) is 41.3 Å². The Morgan fingerprint density at radius 2 is 1.93 bits per heavy atom. The van der Waals surface area contributed by atoms with Crippen molar-refractivity contribution in [1.82, 2.24) is 9.88 Å². The van der Waals surface area contributed by atoms with Crippen LogP contribution in [-0.2, 0) is 6.61 Å². The van der Waals surface area contributed by atoms with Crippen molar-refractivity contribution in [2.24, 2.45) is 4.99 Å². The van der Waals surface area contributed by atoms with Crippen LogP contribution in [0.25, 0.3) is 11.1 Å². The fraction of sp³-hybridized carbons (Fsp3) is 0.136. The predicted octanol–water partition coefficient (Wildman–Crippen LogP) is 3.76. The third-order valence-electron chi connectivity index (χ3n) is 3.90. The van der Waals surface area contributed by atoms with Crippen LogP contribution in [0.1, 0.15) is 15.9 Å². The number of ether oxygens (including phenoxy) is 1. The number of carbonyl (C=O) groups is 1. The van der Waals surface area contributed by atoms with Crippen molar-refractivity contribution in [3.05, 3.63) is 78.1 Å². The Balaban J connectivity index is 1.89. The summed E-state index contributed by atoms with van der Waals surface area (Å²) in [5.74, 6) is 0.296. The highest BCUT2D eigenvalue weighted by molar-refractivity contribution is 5.99. The minimum Gasteiger partial charge on any atom is -0.508 e. The van der Waals surface area contributed by atoms with Crippen molar-refractivity contribution in [1.29, 1.82) is 0 Å². The first kappa shape index (κ1) is 19.1. The van der Waals surface area contributed by atoms with Crippen LogP contribution in [0, 0.1) is 0 Å². The first-order chi connectivity index (χ1) is 13.5. The molecule has 142 valence electrons. The van der Waals surface area contributed by atoms with Crippen molar-refractivity contribution >= 4 is 12.2 Å². The Labute approximate surface area is 163 Å². The molecular formula is C22H21N3O3. The molecule has 0 aliphatic rings. The molecule has 0 saturated carbocycles. The lowest BCUT2D eigenvalue weighted by atomic mass is 10.0. The van der Waals surface area contributed by atoms with Crippen LogP contribution in [0.15, 0.2) is 72.0 Å². The number of aromatic hydroxyl groups is 1. The number of rotatable bonds is 6. The van der Waals surface area contributed by atoms with Gasteiger partial charge in [-0.05, 0) is 29.8 Å². The predicted molar refractivity (Wildman–Crippen MR) is 109 cm³/mol. The van der Waals surface area contributed by atoms with E-state index >= 15 is 0 Å². The van der Waals surface area contributed by atoms with Crippen LogP contribution in [0.5, 0.6) is 11.5 Å². The molecule has 2 aromatic carbocycles. The molecule has 3 rings (SSSR count). The van der Waals surface area contributed by atoms with Gasteiger partial charge in [0.05, 0.1) is 11.9 Å². The first-order valence-electron chi connectivity index (χ1n) is 8.73. The summed E-state index contributed by atoms with van der Waals surface area (Å²) in [5, 5.41) is 9.94. The molecule has 0 radical (unpaired) electrons. The molecule has 3 aromatic rings. The summed E-state index contributed by atoms with van der Waals surface area (Å²) in [5.41, 5.74) is 2.69. The molecule has 0 aliphatic carbocycles. The van der Waals surface area contributed by atoms with E-state index in [0.29, 0.717) is 29.0 Å². The Hall–Kier alpha value is -3.67. The number of hydrogen-bond acceptors (Lipinski definition) is 4. The summed E-state index contributed by atoms with van der Waals surface area (Å²) in [6.45, 7) is 0.387. The molecule has 0 bridgehead atoms. The van der Waals surface area contributed by atoms with Gasteiger partial charge < -0.3 is 14.7 Å². The van der Waals surface area contributed by atoms with Crippen LogP contribution in [0.4, 0.5) is 0 Å². The lowest BCUT2D eigenvalue weighted by Gasteiger charge is -2.13. The van der Waals surface area contributed by atoms with Gasteiger partial charge >= 0.3 is 0 Å².